The lowest BCUT2D eigenvalue weighted by Crippen LogP contribution is -2.34. The molecule has 0 saturated carbocycles. The molecule has 1 aliphatic rings. The zero-order chi connectivity index (χ0) is 10.7. The van der Waals surface area contributed by atoms with Gasteiger partial charge in [-0.05, 0) is 20.3 Å². The van der Waals surface area contributed by atoms with Crippen molar-refractivity contribution in [1.82, 2.24) is 0 Å². The summed E-state index contributed by atoms with van der Waals surface area (Å²) in [6.45, 7) is 4.05. The number of allylic oxidation sites excluding steroid dienone is 1. The molecule has 0 aliphatic heterocycles. The first-order valence-corrected chi connectivity index (χ1v) is 4.86. The van der Waals surface area contributed by atoms with Crippen molar-refractivity contribution in [2.45, 2.75) is 33.0 Å². The van der Waals surface area contributed by atoms with Gasteiger partial charge in [0, 0.05) is 20.6 Å². The summed E-state index contributed by atoms with van der Waals surface area (Å²) in [6, 6.07) is 0. The number of methoxy groups -OCH3 is 2. The van der Waals surface area contributed by atoms with E-state index in [1.165, 1.54) is 5.57 Å². The highest BCUT2D eigenvalue weighted by Crippen LogP contribution is 2.30. The van der Waals surface area contributed by atoms with Gasteiger partial charge in [-0.15, -0.1) is 0 Å². The standard InChI is InChI=1S/C11H18O3/c1-7-5-6-9(12)10(8(7)2)11(13-3)14-4/h10-11H,5-6H2,1-4H3. The molecule has 0 saturated heterocycles. The highest BCUT2D eigenvalue weighted by molar-refractivity contribution is 5.85. The van der Waals surface area contributed by atoms with Crippen LogP contribution in [0.3, 0.4) is 0 Å². The number of Topliss-reactive ketones (excluding diaryl/α,β-unsaturated/α-hetero) is 1. The quantitative estimate of drug-likeness (QED) is 0.513. The molecule has 0 N–H and O–H groups in total. The van der Waals surface area contributed by atoms with Crippen LogP contribution in [0.15, 0.2) is 11.1 Å². The van der Waals surface area contributed by atoms with Gasteiger partial charge in [0.15, 0.2) is 6.29 Å². The number of hydrogen-bond donors (Lipinski definition) is 0. The molecule has 0 radical (unpaired) electrons. The van der Waals surface area contributed by atoms with Crippen LogP contribution in [0.2, 0.25) is 0 Å². The van der Waals surface area contributed by atoms with E-state index < -0.39 is 6.29 Å². The summed E-state index contributed by atoms with van der Waals surface area (Å²) < 4.78 is 10.3. The van der Waals surface area contributed by atoms with Crippen molar-refractivity contribution in [2.24, 2.45) is 5.92 Å². The van der Waals surface area contributed by atoms with Crippen LogP contribution in [0.1, 0.15) is 26.7 Å². The maximum absolute atomic E-state index is 11.7. The molecule has 0 amide bonds. The smallest absolute Gasteiger partial charge is 0.170 e. The van der Waals surface area contributed by atoms with Crippen molar-refractivity contribution < 1.29 is 14.3 Å². The molecule has 0 spiro atoms. The van der Waals surface area contributed by atoms with Crippen LogP contribution in [0.25, 0.3) is 0 Å². The Labute approximate surface area is 85.1 Å². The molecule has 0 aromatic heterocycles. The predicted molar refractivity (Wildman–Crippen MR) is 53.9 cm³/mol. The molecule has 3 heteroatoms. The summed E-state index contributed by atoms with van der Waals surface area (Å²) in [5, 5.41) is 0. The molecule has 80 valence electrons. The van der Waals surface area contributed by atoms with E-state index in [-0.39, 0.29) is 11.7 Å². The zero-order valence-corrected chi connectivity index (χ0v) is 9.29. The minimum atomic E-state index is -0.433. The van der Waals surface area contributed by atoms with Crippen LogP contribution in [0.4, 0.5) is 0 Å². The second-order valence-corrected chi connectivity index (χ2v) is 3.75. The first-order valence-electron chi connectivity index (χ1n) is 4.86. The average molecular weight is 198 g/mol. The predicted octanol–water partition coefficient (Wildman–Crippen LogP) is 1.92. The van der Waals surface area contributed by atoms with E-state index in [9.17, 15) is 4.79 Å². The Balaban J connectivity index is 2.92. The molecule has 1 rings (SSSR count). The van der Waals surface area contributed by atoms with E-state index in [4.69, 9.17) is 9.47 Å². The van der Waals surface area contributed by atoms with Gasteiger partial charge in [0.05, 0.1) is 5.92 Å². The van der Waals surface area contributed by atoms with Crippen molar-refractivity contribution in [2.75, 3.05) is 14.2 Å². The van der Waals surface area contributed by atoms with Crippen LogP contribution in [0.5, 0.6) is 0 Å². The van der Waals surface area contributed by atoms with Crippen LogP contribution >= 0.6 is 0 Å². The molecule has 3 nitrogen and oxygen atoms in total. The summed E-state index contributed by atoms with van der Waals surface area (Å²) in [5.41, 5.74) is 2.39. The molecule has 1 unspecified atom stereocenters. The second-order valence-electron chi connectivity index (χ2n) is 3.75. The summed E-state index contributed by atoms with van der Waals surface area (Å²) in [4.78, 5) is 11.7. The number of ketones is 1. The maximum Gasteiger partial charge on any atom is 0.170 e. The van der Waals surface area contributed by atoms with Crippen molar-refractivity contribution >= 4 is 5.78 Å². The zero-order valence-electron chi connectivity index (χ0n) is 9.29. The Kier molecular flexibility index (Phi) is 3.84. The number of ether oxygens (including phenoxy) is 2. The van der Waals surface area contributed by atoms with Gasteiger partial charge in [-0.1, -0.05) is 11.1 Å². The summed E-state index contributed by atoms with van der Waals surface area (Å²) >= 11 is 0. The topological polar surface area (TPSA) is 35.5 Å². The maximum atomic E-state index is 11.7. The summed E-state index contributed by atoms with van der Waals surface area (Å²) in [7, 11) is 3.14. The van der Waals surface area contributed by atoms with E-state index in [0.29, 0.717) is 6.42 Å². The molecule has 1 aliphatic carbocycles. The molecular formula is C11H18O3. The second kappa shape index (κ2) is 4.71. The summed E-state index contributed by atoms with van der Waals surface area (Å²) in [6.07, 6.45) is 1.05. The van der Waals surface area contributed by atoms with E-state index >= 15 is 0 Å². The minimum absolute atomic E-state index is 0.209. The van der Waals surface area contributed by atoms with Crippen LogP contribution in [-0.4, -0.2) is 26.3 Å². The Hall–Kier alpha value is -0.670. The Morgan fingerprint density at radius 3 is 2.29 bits per heavy atom. The van der Waals surface area contributed by atoms with E-state index in [2.05, 4.69) is 6.92 Å². The number of carbonyl (C=O) groups is 1. The molecule has 1 atom stereocenters. The lowest BCUT2D eigenvalue weighted by atomic mass is 9.82. The molecule has 0 fully saturated rings. The molecule has 0 bridgehead atoms. The Bertz CT molecular complexity index is 251. The number of carbonyl (C=O) groups excluding carboxylic acids is 1. The van der Waals surface area contributed by atoms with Gasteiger partial charge in [-0.2, -0.15) is 0 Å². The molecule has 0 aromatic rings. The molecule has 14 heavy (non-hydrogen) atoms. The van der Waals surface area contributed by atoms with Crippen molar-refractivity contribution in [3.8, 4) is 0 Å². The summed E-state index contributed by atoms with van der Waals surface area (Å²) in [5.74, 6) is 0.0144. The van der Waals surface area contributed by atoms with Gasteiger partial charge in [-0.25, -0.2) is 0 Å². The van der Waals surface area contributed by atoms with Gasteiger partial charge in [0.25, 0.3) is 0 Å². The van der Waals surface area contributed by atoms with Gasteiger partial charge in [0.2, 0.25) is 0 Å². The lowest BCUT2D eigenvalue weighted by Gasteiger charge is -2.29. The minimum Gasteiger partial charge on any atom is -0.355 e. The third-order valence-electron chi connectivity index (χ3n) is 2.97. The molecule has 0 heterocycles. The van der Waals surface area contributed by atoms with E-state index in [1.54, 1.807) is 14.2 Å². The highest BCUT2D eigenvalue weighted by atomic mass is 16.7. The van der Waals surface area contributed by atoms with Gasteiger partial charge in [-0.3, -0.25) is 4.79 Å². The van der Waals surface area contributed by atoms with Gasteiger partial charge >= 0.3 is 0 Å². The SMILES string of the molecule is COC(OC)C1C(=O)CCC(C)=C1C. The number of hydrogen-bond acceptors (Lipinski definition) is 3. The fourth-order valence-electron chi connectivity index (χ4n) is 1.89. The third kappa shape index (κ3) is 2.04. The van der Waals surface area contributed by atoms with Gasteiger partial charge < -0.3 is 9.47 Å². The van der Waals surface area contributed by atoms with Crippen molar-refractivity contribution in [3.05, 3.63) is 11.1 Å². The first kappa shape index (κ1) is 11.4. The largest absolute Gasteiger partial charge is 0.355 e. The van der Waals surface area contributed by atoms with Crippen molar-refractivity contribution in [3.63, 3.8) is 0 Å². The normalized spacial score (nSPS) is 23.5. The Morgan fingerprint density at radius 1 is 1.21 bits per heavy atom. The number of rotatable bonds is 3. The first-order chi connectivity index (χ1) is 6.61. The monoisotopic (exact) mass is 198 g/mol. The van der Waals surface area contributed by atoms with Crippen LogP contribution in [-0.2, 0) is 14.3 Å². The third-order valence-corrected chi connectivity index (χ3v) is 2.97. The molecule has 0 aromatic carbocycles. The molecular weight excluding hydrogens is 180 g/mol. The Morgan fingerprint density at radius 2 is 1.79 bits per heavy atom. The highest BCUT2D eigenvalue weighted by Gasteiger charge is 2.33. The van der Waals surface area contributed by atoms with Crippen LogP contribution in [0, 0.1) is 5.92 Å². The van der Waals surface area contributed by atoms with E-state index in [1.807, 2.05) is 6.92 Å². The average Bonchev–Trinajstić information content (AvgIpc) is 2.19. The van der Waals surface area contributed by atoms with Crippen LogP contribution < -0.4 is 0 Å². The van der Waals surface area contributed by atoms with Crippen molar-refractivity contribution in [1.29, 1.82) is 0 Å². The fraction of sp³-hybridized carbons (Fsp3) is 0.727. The lowest BCUT2D eigenvalue weighted by molar-refractivity contribution is -0.152. The van der Waals surface area contributed by atoms with E-state index in [0.717, 1.165) is 12.0 Å². The fourth-order valence-corrected chi connectivity index (χ4v) is 1.89. The van der Waals surface area contributed by atoms with Gasteiger partial charge in [0.1, 0.15) is 5.78 Å².